The first-order valence-corrected chi connectivity index (χ1v) is 7.15. The van der Waals surface area contributed by atoms with Crippen LogP contribution in [0.3, 0.4) is 0 Å². The second kappa shape index (κ2) is 6.26. The number of primary amides is 1. The lowest BCUT2D eigenvalue weighted by Crippen LogP contribution is -2.40. The number of carbonyl (C=O) groups is 2. The molecule has 1 amide bonds. The van der Waals surface area contributed by atoms with Crippen molar-refractivity contribution in [3.63, 3.8) is 0 Å². The lowest BCUT2D eigenvalue weighted by molar-refractivity contribution is -0.151. The van der Waals surface area contributed by atoms with Gasteiger partial charge in [0, 0.05) is 6.20 Å². The van der Waals surface area contributed by atoms with E-state index < -0.39 is 11.5 Å². The van der Waals surface area contributed by atoms with Crippen molar-refractivity contribution >= 4 is 11.9 Å². The van der Waals surface area contributed by atoms with E-state index in [4.69, 9.17) is 10.5 Å². The number of nitrogens with two attached hydrogens (primary N) is 1. The quantitative estimate of drug-likeness (QED) is 0.768. The highest BCUT2D eigenvalue weighted by atomic mass is 16.5. The van der Waals surface area contributed by atoms with E-state index in [1.165, 1.54) is 17.1 Å². The third-order valence-corrected chi connectivity index (χ3v) is 3.91. The monoisotopic (exact) mass is 295 g/mol. The molecule has 21 heavy (non-hydrogen) atoms. The summed E-state index contributed by atoms with van der Waals surface area (Å²) < 4.78 is 6.53. The van der Waals surface area contributed by atoms with Gasteiger partial charge in [0.15, 0.2) is 0 Å². The molecule has 1 saturated carbocycles. The Kier molecular flexibility index (Phi) is 4.62. The zero-order valence-corrected chi connectivity index (χ0v) is 12.1. The maximum atomic E-state index is 11.7. The number of rotatable bonds is 5. The van der Waals surface area contributed by atoms with Crippen molar-refractivity contribution in [1.82, 2.24) is 9.78 Å². The molecule has 7 nitrogen and oxygen atoms in total. The molecule has 1 aromatic rings. The van der Waals surface area contributed by atoms with Crippen molar-refractivity contribution in [2.45, 2.75) is 44.8 Å². The maximum Gasteiger partial charge on any atom is 0.308 e. The van der Waals surface area contributed by atoms with Crippen LogP contribution in [-0.2, 0) is 16.1 Å². The highest BCUT2D eigenvalue weighted by molar-refractivity contribution is 5.92. The summed E-state index contributed by atoms with van der Waals surface area (Å²) >= 11 is 0. The van der Waals surface area contributed by atoms with Gasteiger partial charge in [-0.1, -0.05) is 0 Å². The number of esters is 1. The van der Waals surface area contributed by atoms with E-state index in [1.54, 1.807) is 6.92 Å². The number of amides is 1. The van der Waals surface area contributed by atoms with Gasteiger partial charge in [0.2, 0.25) is 0 Å². The van der Waals surface area contributed by atoms with Gasteiger partial charge in [0.1, 0.15) is 0 Å². The molecule has 3 N–H and O–H groups in total. The predicted octanol–water partition coefficient (Wildman–Crippen LogP) is 0.466. The highest BCUT2D eigenvalue weighted by Crippen LogP contribution is 2.33. The van der Waals surface area contributed by atoms with Crippen molar-refractivity contribution in [2.75, 3.05) is 6.61 Å². The molecule has 2 rings (SSSR count). The van der Waals surface area contributed by atoms with E-state index in [9.17, 15) is 14.7 Å². The van der Waals surface area contributed by atoms with Crippen LogP contribution in [-0.4, -0.2) is 39.0 Å². The van der Waals surface area contributed by atoms with Gasteiger partial charge in [-0.2, -0.15) is 5.10 Å². The molecule has 0 radical (unpaired) electrons. The Bertz CT molecular complexity index is 518. The van der Waals surface area contributed by atoms with Gasteiger partial charge in [-0.05, 0) is 32.6 Å². The maximum absolute atomic E-state index is 11.7. The van der Waals surface area contributed by atoms with E-state index >= 15 is 0 Å². The molecule has 1 fully saturated rings. The smallest absolute Gasteiger partial charge is 0.308 e. The number of aliphatic hydroxyl groups is 1. The molecule has 0 aromatic carbocycles. The van der Waals surface area contributed by atoms with Crippen LogP contribution in [0.25, 0.3) is 0 Å². The number of aromatic nitrogens is 2. The van der Waals surface area contributed by atoms with Gasteiger partial charge in [-0.15, -0.1) is 0 Å². The van der Waals surface area contributed by atoms with E-state index in [0.29, 0.717) is 37.9 Å². The van der Waals surface area contributed by atoms with Crippen LogP contribution < -0.4 is 5.73 Å². The van der Waals surface area contributed by atoms with Crippen LogP contribution in [0.5, 0.6) is 0 Å². The minimum absolute atomic E-state index is 0.135. The van der Waals surface area contributed by atoms with Crippen LogP contribution in [0.4, 0.5) is 0 Å². The van der Waals surface area contributed by atoms with Crippen LogP contribution in [0.2, 0.25) is 0 Å². The molecular weight excluding hydrogens is 274 g/mol. The summed E-state index contributed by atoms with van der Waals surface area (Å²) in [4.78, 5) is 22.7. The molecular formula is C14H21N3O4. The first kappa shape index (κ1) is 15.5. The molecule has 0 spiro atoms. The average molecular weight is 295 g/mol. The van der Waals surface area contributed by atoms with Crippen molar-refractivity contribution < 1.29 is 19.4 Å². The lowest BCUT2D eigenvalue weighted by atomic mass is 9.79. The Labute approximate surface area is 123 Å². The Morgan fingerprint density at radius 3 is 2.71 bits per heavy atom. The number of hydrogen-bond donors (Lipinski definition) is 2. The highest BCUT2D eigenvalue weighted by Gasteiger charge is 2.36. The van der Waals surface area contributed by atoms with E-state index in [-0.39, 0.29) is 18.4 Å². The molecule has 1 aliphatic rings. The first-order valence-electron chi connectivity index (χ1n) is 7.15. The Morgan fingerprint density at radius 1 is 1.52 bits per heavy atom. The number of ether oxygens (including phenoxy) is 1. The average Bonchev–Trinajstić information content (AvgIpc) is 2.88. The Hall–Kier alpha value is -1.89. The Morgan fingerprint density at radius 2 is 2.19 bits per heavy atom. The number of nitrogens with zero attached hydrogens (tertiary/aromatic N) is 2. The number of carbonyl (C=O) groups excluding carboxylic acids is 2. The minimum Gasteiger partial charge on any atom is -0.466 e. The van der Waals surface area contributed by atoms with Crippen LogP contribution in [0.15, 0.2) is 12.4 Å². The van der Waals surface area contributed by atoms with Gasteiger partial charge in [-0.25, -0.2) is 0 Å². The summed E-state index contributed by atoms with van der Waals surface area (Å²) in [5, 5.41) is 14.6. The molecule has 0 saturated heterocycles. The molecule has 1 aliphatic carbocycles. The fraction of sp³-hybridized carbons (Fsp3) is 0.643. The van der Waals surface area contributed by atoms with Gasteiger partial charge >= 0.3 is 5.97 Å². The standard InChI is InChI=1S/C14H21N3O4/c1-2-21-13(19)10-3-5-14(20,6-4-10)9-17-8-11(7-16-17)12(15)18/h7-8,10,20H,2-6,9H2,1H3,(H2,15,18). The second-order valence-corrected chi connectivity index (χ2v) is 5.54. The molecule has 0 aliphatic heterocycles. The molecule has 0 unspecified atom stereocenters. The molecule has 1 aromatic heterocycles. The summed E-state index contributed by atoms with van der Waals surface area (Å²) in [5.41, 5.74) is 4.57. The van der Waals surface area contributed by atoms with Crippen molar-refractivity contribution in [1.29, 1.82) is 0 Å². The Balaban J connectivity index is 1.92. The van der Waals surface area contributed by atoms with Gasteiger partial charge < -0.3 is 15.6 Å². The minimum atomic E-state index is -0.913. The fourth-order valence-corrected chi connectivity index (χ4v) is 2.69. The SMILES string of the molecule is CCOC(=O)C1CCC(O)(Cn2cc(C(N)=O)cn2)CC1. The van der Waals surface area contributed by atoms with Gasteiger partial charge in [0.05, 0.1) is 36.4 Å². The predicted molar refractivity (Wildman–Crippen MR) is 74.3 cm³/mol. The van der Waals surface area contributed by atoms with E-state index in [2.05, 4.69) is 5.10 Å². The van der Waals surface area contributed by atoms with E-state index in [1.807, 2.05) is 0 Å². The summed E-state index contributed by atoms with van der Waals surface area (Å²) in [6, 6.07) is 0. The zero-order valence-electron chi connectivity index (χ0n) is 12.1. The lowest BCUT2D eigenvalue weighted by Gasteiger charge is -2.35. The fourth-order valence-electron chi connectivity index (χ4n) is 2.69. The largest absolute Gasteiger partial charge is 0.466 e. The van der Waals surface area contributed by atoms with Crippen LogP contribution in [0.1, 0.15) is 43.0 Å². The molecule has 7 heteroatoms. The summed E-state index contributed by atoms with van der Waals surface area (Å²) in [6.07, 6.45) is 5.11. The van der Waals surface area contributed by atoms with Crippen molar-refractivity contribution in [3.05, 3.63) is 18.0 Å². The number of hydrogen-bond acceptors (Lipinski definition) is 5. The van der Waals surface area contributed by atoms with Gasteiger partial charge in [-0.3, -0.25) is 14.3 Å². The van der Waals surface area contributed by atoms with Crippen LogP contribution in [0, 0.1) is 5.92 Å². The van der Waals surface area contributed by atoms with E-state index in [0.717, 1.165) is 0 Å². The third kappa shape index (κ3) is 3.81. The van der Waals surface area contributed by atoms with Crippen LogP contribution >= 0.6 is 0 Å². The molecule has 1 heterocycles. The van der Waals surface area contributed by atoms with Gasteiger partial charge in [0.25, 0.3) is 5.91 Å². The summed E-state index contributed by atoms with van der Waals surface area (Å²) in [7, 11) is 0. The molecule has 116 valence electrons. The zero-order chi connectivity index (χ0) is 15.5. The second-order valence-electron chi connectivity index (χ2n) is 5.54. The first-order chi connectivity index (χ1) is 9.93. The topological polar surface area (TPSA) is 107 Å². The van der Waals surface area contributed by atoms with Crippen molar-refractivity contribution in [2.24, 2.45) is 11.7 Å². The molecule has 0 bridgehead atoms. The summed E-state index contributed by atoms with van der Waals surface area (Å²) in [5.74, 6) is -0.863. The third-order valence-electron chi connectivity index (χ3n) is 3.91. The normalized spacial score (nSPS) is 25.5. The summed E-state index contributed by atoms with van der Waals surface area (Å²) in [6.45, 7) is 2.45. The van der Waals surface area contributed by atoms with Crippen molar-refractivity contribution in [3.8, 4) is 0 Å². The molecule has 0 atom stereocenters.